The van der Waals surface area contributed by atoms with Gasteiger partial charge in [0.05, 0.1) is 29.9 Å². The van der Waals surface area contributed by atoms with Gasteiger partial charge in [0.15, 0.2) is 0 Å². The highest BCUT2D eigenvalue weighted by molar-refractivity contribution is 5.96. The average molecular weight is 274 g/mol. The highest BCUT2D eigenvalue weighted by Gasteiger charge is 2.26. The van der Waals surface area contributed by atoms with Crippen molar-refractivity contribution in [3.05, 3.63) is 35.4 Å². The predicted octanol–water partition coefficient (Wildman–Crippen LogP) is 1.44. The number of nitriles is 1. The van der Waals surface area contributed by atoms with E-state index >= 15 is 0 Å². The van der Waals surface area contributed by atoms with E-state index in [1.54, 1.807) is 36.3 Å². The molecule has 1 aliphatic rings. The number of hydrogen-bond acceptors (Lipinski definition) is 4. The van der Waals surface area contributed by atoms with Gasteiger partial charge < -0.3 is 14.4 Å². The summed E-state index contributed by atoms with van der Waals surface area (Å²) in [6.45, 7) is 2.24. The van der Waals surface area contributed by atoms with Crippen molar-refractivity contribution in [1.29, 1.82) is 5.26 Å². The first kappa shape index (κ1) is 14.5. The van der Waals surface area contributed by atoms with Gasteiger partial charge in [0, 0.05) is 26.8 Å². The Morgan fingerprint density at radius 3 is 3.10 bits per heavy atom. The maximum absolute atomic E-state index is 12.5. The predicted molar refractivity (Wildman–Crippen MR) is 73.3 cm³/mol. The van der Waals surface area contributed by atoms with Crippen LogP contribution in [0, 0.1) is 11.3 Å². The van der Waals surface area contributed by atoms with Gasteiger partial charge >= 0.3 is 0 Å². The third-order valence-corrected chi connectivity index (χ3v) is 3.35. The van der Waals surface area contributed by atoms with Crippen molar-refractivity contribution in [2.75, 3.05) is 33.4 Å². The fourth-order valence-electron chi connectivity index (χ4n) is 2.27. The molecule has 0 aliphatic carbocycles. The lowest BCUT2D eigenvalue weighted by Gasteiger charge is -2.33. The van der Waals surface area contributed by atoms with Crippen LogP contribution in [-0.2, 0) is 9.47 Å². The normalized spacial score (nSPS) is 18.6. The number of amides is 1. The van der Waals surface area contributed by atoms with Crippen molar-refractivity contribution in [3.63, 3.8) is 0 Å². The van der Waals surface area contributed by atoms with E-state index in [9.17, 15) is 4.79 Å². The van der Waals surface area contributed by atoms with Gasteiger partial charge in [-0.3, -0.25) is 4.79 Å². The molecule has 5 nitrogen and oxygen atoms in total. The molecule has 5 heteroatoms. The molecule has 1 fully saturated rings. The lowest BCUT2D eigenvalue weighted by molar-refractivity contribution is -0.0332. The fraction of sp³-hybridized carbons (Fsp3) is 0.467. The average Bonchev–Trinajstić information content (AvgIpc) is 2.52. The number of hydrogen-bond donors (Lipinski definition) is 0. The van der Waals surface area contributed by atoms with Crippen LogP contribution in [-0.4, -0.2) is 50.3 Å². The molecule has 1 aromatic rings. The van der Waals surface area contributed by atoms with Gasteiger partial charge in [0.2, 0.25) is 0 Å². The van der Waals surface area contributed by atoms with Crippen LogP contribution in [0.2, 0.25) is 0 Å². The largest absolute Gasteiger partial charge is 0.385 e. The number of nitrogens with zero attached hydrogens (tertiary/aromatic N) is 2. The number of carbonyl (C=O) groups excluding carboxylic acids is 1. The summed E-state index contributed by atoms with van der Waals surface area (Å²) in [6.07, 6.45) is 0.766. The summed E-state index contributed by atoms with van der Waals surface area (Å²) in [5.74, 6) is -0.104. The van der Waals surface area contributed by atoms with E-state index in [1.165, 1.54) is 0 Å². The van der Waals surface area contributed by atoms with Gasteiger partial charge in [-0.15, -0.1) is 0 Å². The van der Waals surface area contributed by atoms with Gasteiger partial charge in [-0.2, -0.15) is 5.26 Å². The first-order valence-corrected chi connectivity index (χ1v) is 6.65. The highest BCUT2D eigenvalue weighted by Crippen LogP contribution is 2.15. The van der Waals surface area contributed by atoms with Crippen LogP contribution < -0.4 is 0 Å². The summed E-state index contributed by atoms with van der Waals surface area (Å²) in [4.78, 5) is 14.2. The molecular weight excluding hydrogens is 256 g/mol. The summed E-state index contributed by atoms with van der Waals surface area (Å²) >= 11 is 0. The zero-order valence-corrected chi connectivity index (χ0v) is 11.5. The van der Waals surface area contributed by atoms with Gasteiger partial charge in [0.25, 0.3) is 5.91 Å². The molecular formula is C15H18N2O3. The van der Waals surface area contributed by atoms with Crippen LogP contribution in [0.5, 0.6) is 0 Å². The van der Waals surface area contributed by atoms with Crippen molar-refractivity contribution in [1.82, 2.24) is 4.90 Å². The summed E-state index contributed by atoms with van der Waals surface area (Å²) in [6, 6.07) is 8.95. The fourth-order valence-corrected chi connectivity index (χ4v) is 2.27. The van der Waals surface area contributed by atoms with Crippen molar-refractivity contribution >= 4 is 5.91 Å². The van der Waals surface area contributed by atoms with E-state index in [0.29, 0.717) is 37.4 Å². The lowest BCUT2D eigenvalue weighted by Crippen LogP contribution is -2.46. The maximum atomic E-state index is 12.5. The number of benzene rings is 1. The van der Waals surface area contributed by atoms with E-state index in [-0.39, 0.29) is 12.0 Å². The number of rotatable bonds is 4. The quantitative estimate of drug-likeness (QED) is 0.833. The number of ether oxygens (including phenoxy) is 2. The van der Waals surface area contributed by atoms with Crippen molar-refractivity contribution < 1.29 is 14.3 Å². The van der Waals surface area contributed by atoms with Crippen LogP contribution in [0.3, 0.4) is 0 Å². The van der Waals surface area contributed by atoms with Crippen molar-refractivity contribution in [2.45, 2.75) is 12.5 Å². The Kier molecular flexibility index (Phi) is 5.10. The first-order chi connectivity index (χ1) is 9.76. The van der Waals surface area contributed by atoms with Gasteiger partial charge in [-0.05, 0) is 18.6 Å². The molecule has 1 saturated heterocycles. The molecule has 106 valence electrons. The first-order valence-electron chi connectivity index (χ1n) is 6.65. The van der Waals surface area contributed by atoms with Crippen LogP contribution >= 0.6 is 0 Å². The van der Waals surface area contributed by atoms with E-state index in [2.05, 4.69) is 6.07 Å². The summed E-state index contributed by atoms with van der Waals surface area (Å²) in [5.41, 5.74) is 0.875. The molecule has 0 N–H and O–H groups in total. The second-order valence-electron chi connectivity index (χ2n) is 4.68. The minimum atomic E-state index is -0.104. The van der Waals surface area contributed by atoms with E-state index in [0.717, 1.165) is 6.42 Å². The van der Waals surface area contributed by atoms with E-state index < -0.39 is 0 Å². The Morgan fingerprint density at radius 2 is 2.35 bits per heavy atom. The molecule has 1 aromatic carbocycles. The van der Waals surface area contributed by atoms with Crippen LogP contribution in [0.4, 0.5) is 0 Å². The van der Waals surface area contributed by atoms with E-state index in [4.69, 9.17) is 14.7 Å². The molecule has 0 bridgehead atoms. The monoisotopic (exact) mass is 274 g/mol. The molecule has 1 atom stereocenters. The SMILES string of the molecule is COCC[C@H]1CN(C(=O)c2ccccc2C#N)CCO1. The van der Waals surface area contributed by atoms with Gasteiger partial charge in [-0.25, -0.2) is 0 Å². The Morgan fingerprint density at radius 1 is 1.55 bits per heavy atom. The molecule has 1 aliphatic heterocycles. The van der Waals surface area contributed by atoms with Crippen LogP contribution in [0.1, 0.15) is 22.3 Å². The van der Waals surface area contributed by atoms with E-state index in [1.807, 2.05) is 0 Å². The zero-order chi connectivity index (χ0) is 14.4. The number of methoxy groups -OCH3 is 1. The Bertz CT molecular complexity index is 510. The Hall–Kier alpha value is -1.90. The van der Waals surface area contributed by atoms with Crippen molar-refractivity contribution in [2.24, 2.45) is 0 Å². The van der Waals surface area contributed by atoms with Crippen LogP contribution in [0.25, 0.3) is 0 Å². The van der Waals surface area contributed by atoms with Crippen LogP contribution in [0.15, 0.2) is 24.3 Å². The molecule has 0 saturated carbocycles. The standard InChI is InChI=1S/C15H18N2O3/c1-19-8-6-13-11-17(7-9-20-13)15(18)14-5-3-2-4-12(14)10-16/h2-5,13H,6-9,11H2,1H3/t13-/m0/s1. The van der Waals surface area contributed by atoms with Gasteiger partial charge in [0.1, 0.15) is 0 Å². The minimum Gasteiger partial charge on any atom is -0.385 e. The number of carbonyl (C=O) groups is 1. The third kappa shape index (κ3) is 3.35. The molecule has 0 radical (unpaired) electrons. The molecule has 1 amide bonds. The second kappa shape index (κ2) is 7.04. The number of morpholine rings is 1. The molecule has 2 rings (SSSR count). The molecule has 0 aromatic heterocycles. The summed E-state index contributed by atoms with van der Waals surface area (Å²) in [5, 5.41) is 9.07. The Labute approximate surface area is 118 Å². The minimum absolute atomic E-state index is 0.00176. The third-order valence-electron chi connectivity index (χ3n) is 3.35. The molecule has 0 unspecified atom stereocenters. The highest BCUT2D eigenvalue weighted by atomic mass is 16.5. The summed E-state index contributed by atoms with van der Waals surface area (Å²) in [7, 11) is 1.65. The lowest BCUT2D eigenvalue weighted by atomic mass is 10.1. The zero-order valence-electron chi connectivity index (χ0n) is 11.5. The summed E-state index contributed by atoms with van der Waals surface area (Å²) < 4.78 is 10.6. The second-order valence-corrected chi connectivity index (χ2v) is 4.68. The van der Waals surface area contributed by atoms with Crippen molar-refractivity contribution in [3.8, 4) is 6.07 Å². The topological polar surface area (TPSA) is 62.6 Å². The molecule has 20 heavy (non-hydrogen) atoms. The Balaban J connectivity index is 2.07. The van der Waals surface area contributed by atoms with Gasteiger partial charge in [-0.1, -0.05) is 12.1 Å². The molecule has 0 spiro atoms. The smallest absolute Gasteiger partial charge is 0.255 e. The maximum Gasteiger partial charge on any atom is 0.255 e. The molecule has 1 heterocycles.